The predicted octanol–water partition coefficient (Wildman–Crippen LogP) is -0.855. The van der Waals surface area contributed by atoms with Gasteiger partial charge >= 0.3 is 0 Å². The van der Waals surface area contributed by atoms with E-state index in [1.807, 2.05) is 0 Å². The highest BCUT2D eigenvalue weighted by atomic mass is 32.2. The highest BCUT2D eigenvalue weighted by molar-refractivity contribution is 7.91. The molecule has 0 bridgehead atoms. The fourth-order valence-corrected chi connectivity index (χ4v) is 2.03. The van der Waals surface area contributed by atoms with Gasteiger partial charge in [0.1, 0.15) is 0 Å². The van der Waals surface area contributed by atoms with Gasteiger partial charge in [0.15, 0.2) is 9.84 Å². The van der Waals surface area contributed by atoms with E-state index in [1.54, 1.807) is 13.8 Å². The van der Waals surface area contributed by atoms with Gasteiger partial charge in [0, 0.05) is 18.8 Å². The quantitative estimate of drug-likeness (QED) is 0.613. The number of amides is 1. The van der Waals surface area contributed by atoms with E-state index < -0.39 is 9.84 Å². The zero-order valence-electron chi connectivity index (χ0n) is 8.83. The van der Waals surface area contributed by atoms with Gasteiger partial charge in [0.05, 0.1) is 12.3 Å². The van der Waals surface area contributed by atoms with Crippen LogP contribution in [0.3, 0.4) is 0 Å². The molecule has 0 fully saturated rings. The SMILES string of the molecule is CCS(=O)(=O)CC(C)NCC(=O)NC. The van der Waals surface area contributed by atoms with Gasteiger partial charge in [0.25, 0.3) is 0 Å². The predicted molar refractivity (Wildman–Crippen MR) is 55.9 cm³/mol. The molecular weight excluding hydrogens is 204 g/mol. The number of carbonyl (C=O) groups is 1. The van der Waals surface area contributed by atoms with E-state index in [9.17, 15) is 13.2 Å². The lowest BCUT2D eigenvalue weighted by molar-refractivity contribution is -0.119. The highest BCUT2D eigenvalue weighted by Gasteiger charge is 2.13. The molecule has 84 valence electrons. The molecule has 0 saturated heterocycles. The average molecular weight is 222 g/mol. The fourth-order valence-electron chi connectivity index (χ4n) is 0.913. The second-order valence-electron chi connectivity index (χ2n) is 3.15. The van der Waals surface area contributed by atoms with Crippen molar-refractivity contribution in [2.75, 3.05) is 25.1 Å². The minimum absolute atomic E-state index is 0.0699. The maximum Gasteiger partial charge on any atom is 0.233 e. The van der Waals surface area contributed by atoms with Gasteiger partial charge in [-0.15, -0.1) is 0 Å². The molecule has 2 N–H and O–H groups in total. The molecular formula is C8H18N2O3S. The van der Waals surface area contributed by atoms with Crippen LogP contribution in [-0.4, -0.2) is 45.5 Å². The van der Waals surface area contributed by atoms with E-state index in [4.69, 9.17) is 0 Å². The first-order valence-electron chi connectivity index (χ1n) is 4.55. The standard InChI is InChI=1S/C8H18N2O3S/c1-4-14(12,13)6-7(2)10-5-8(11)9-3/h7,10H,4-6H2,1-3H3,(H,9,11). The number of rotatable bonds is 6. The molecule has 1 atom stereocenters. The first kappa shape index (κ1) is 13.4. The molecule has 0 spiro atoms. The molecule has 0 heterocycles. The molecule has 0 radical (unpaired) electrons. The molecule has 0 rings (SSSR count). The number of likely N-dealkylation sites (N-methyl/N-ethyl adjacent to an activating group) is 1. The molecule has 1 unspecified atom stereocenters. The molecule has 0 aliphatic carbocycles. The van der Waals surface area contributed by atoms with Crippen LogP contribution in [0.2, 0.25) is 0 Å². The van der Waals surface area contributed by atoms with Gasteiger partial charge in [-0.25, -0.2) is 8.42 Å². The van der Waals surface area contributed by atoms with Crippen LogP contribution in [0.1, 0.15) is 13.8 Å². The summed E-state index contributed by atoms with van der Waals surface area (Å²) in [4.78, 5) is 10.8. The Hall–Kier alpha value is -0.620. The van der Waals surface area contributed by atoms with E-state index in [-0.39, 0.29) is 30.0 Å². The number of nitrogens with one attached hydrogen (secondary N) is 2. The van der Waals surface area contributed by atoms with Gasteiger partial charge in [-0.1, -0.05) is 6.92 Å². The van der Waals surface area contributed by atoms with Gasteiger partial charge in [-0.05, 0) is 6.92 Å². The van der Waals surface area contributed by atoms with Crippen molar-refractivity contribution in [3.8, 4) is 0 Å². The molecule has 1 amide bonds. The largest absolute Gasteiger partial charge is 0.358 e. The van der Waals surface area contributed by atoms with Crippen molar-refractivity contribution in [1.82, 2.24) is 10.6 Å². The maximum atomic E-state index is 11.2. The van der Waals surface area contributed by atoms with Crippen molar-refractivity contribution in [3.05, 3.63) is 0 Å². The van der Waals surface area contributed by atoms with Gasteiger partial charge in [-0.3, -0.25) is 4.79 Å². The molecule has 0 aromatic rings. The lowest BCUT2D eigenvalue weighted by Gasteiger charge is -2.12. The third-order valence-electron chi connectivity index (χ3n) is 1.83. The Balaban J connectivity index is 3.88. The molecule has 0 aromatic carbocycles. The molecule has 6 heteroatoms. The second kappa shape index (κ2) is 5.98. The molecule has 0 aromatic heterocycles. The van der Waals surface area contributed by atoms with Crippen molar-refractivity contribution in [2.45, 2.75) is 19.9 Å². The van der Waals surface area contributed by atoms with Crippen molar-refractivity contribution in [1.29, 1.82) is 0 Å². The summed E-state index contributed by atoms with van der Waals surface area (Å²) in [6.45, 7) is 3.51. The normalized spacial score (nSPS) is 13.6. The number of hydrogen-bond acceptors (Lipinski definition) is 4. The lowest BCUT2D eigenvalue weighted by atomic mass is 10.4. The van der Waals surface area contributed by atoms with Crippen molar-refractivity contribution in [2.24, 2.45) is 0 Å². The van der Waals surface area contributed by atoms with Crippen LogP contribution in [0, 0.1) is 0 Å². The zero-order chi connectivity index (χ0) is 11.2. The summed E-state index contributed by atoms with van der Waals surface area (Å²) >= 11 is 0. The molecule has 5 nitrogen and oxygen atoms in total. The first-order chi connectivity index (χ1) is 6.41. The molecule has 0 saturated carbocycles. The van der Waals surface area contributed by atoms with E-state index >= 15 is 0 Å². The third kappa shape index (κ3) is 5.93. The van der Waals surface area contributed by atoms with E-state index in [2.05, 4.69) is 10.6 Å². The van der Waals surface area contributed by atoms with E-state index in [1.165, 1.54) is 7.05 Å². The van der Waals surface area contributed by atoms with Crippen LogP contribution in [0.25, 0.3) is 0 Å². The Morgan fingerprint density at radius 1 is 1.43 bits per heavy atom. The Morgan fingerprint density at radius 2 is 2.00 bits per heavy atom. The van der Waals surface area contributed by atoms with E-state index in [0.29, 0.717) is 0 Å². The minimum atomic E-state index is -2.97. The topological polar surface area (TPSA) is 75.3 Å². The van der Waals surface area contributed by atoms with Crippen molar-refractivity contribution in [3.63, 3.8) is 0 Å². The molecule has 14 heavy (non-hydrogen) atoms. The summed E-state index contributed by atoms with van der Waals surface area (Å²) < 4.78 is 22.4. The third-order valence-corrected chi connectivity index (χ3v) is 3.72. The van der Waals surface area contributed by atoms with Crippen LogP contribution in [-0.2, 0) is 14.6 Å². The van der Waals surface area contributed by atoms with Gasteiger partial charge < -0.3 is 10.6 Å². The van der Waals surface area contributed by atoms with Crippen LogP contribution in [0.4, 0.5) is 0 Å². The maximum absolute atomic E-state index is 11.2. The monoisotopic (exact) mass is 222 g/mol. The summed E-state index contributed by atoms with van der Waals surface area (Å²) in [6, 6.07) is -0.197. The summed E-state index contributed by atoms with van der Waals surface area (Å²) in [7, 11) is -1.43. The van der Waals surface area contributed by atoms with Crippen LogP contribution < -0.4 is 10.6 Å². The van der Waals surface area contributed by atoms with Crippen LogP contribution in [0.5, 0.6) is 0 Å². The van der Waals surface area contributed by atoms with Crippen molar-refractivity contribution >= 4 is 15.7 Å². The Kier molecular flexibility index (Phi) is 5.71. The number of sulfone groups is 1. The van der Waals surface area contributed by atoms with Gasteiger partial charge in [-0.2, -0.15) is 0 Å². The Bertz CT molecular complexity index is 274. The Morgan fingerprint density at radius 3 is 2.43 bits per heavy atom. The number of carbonyl (C=O) groups excluding carboxylic acids is 1. The summed E-state index contributed by atoms with van der Waals surface area (Å²) in [5.41, 5.74) is 0. The lowest BCUT2D eigenvalue weighted by Crippen LogP contribution is -2.40. The smallest absolute Gasteiger partial charge is 0.233 e. The second-order valence-corrected chi connectivity index (χ2v) is 5.55. The zero-order valence-corrected chi connectivity index (χ0v) is 9.65. The average Bonchev–Trinajstić information content (AvgIpc) is 2.13. The Labute approximate surface area is 85.2 Å². The minimum Gasteiger partial charge on any atom is -0.358 e. The number of hydrogen-bond donors (Lipinski definition) is 2. The van der Waals surface area contributed by atoms with Crippen LogP contribution in [0.15, 0.2) is 0 Å². The van der Waals surface area contributed by atoms with E-state index in [0.717, 1.165) is 0 Å². The van der Waals surface area contributed by atoms with Gasteiger partial charge in [0.2, 0.25) is 5.91 Å². The first-order valence-corrected chi connectivity index (χ1v) is 6.37. The fraction of sp³-hybridized carbons (Fsp3) is 0.875. The summed E-state index contributed by atoms with van der Waals surface area (Å²) in [6.07, 6.45) is 0. The highest BCUT2D eigenvalue weighted by Crippen LogP contribution is 1.93. The van der Waals surface area contributed by atoms with Crippen molar-refractivity contribution < 1.29 is 13.2 Å². The summed E-state index contributed by atoms with van der Waals surface area (Å²) in [5, 5.41) is 5.28. The summed E-state index contributed by atoms with van der Waals surface area (Å²) in [5.74, 6) is 0.0604. The van der Waals surface area contributed by atoms with Crippen LogP contribution >= 0.6 is 0 Å². The molecule has 0 aliphatic rings. The molecule has 0 aliphatic heterocycles.